The molecule has 0 aromatic heterocycles. The van der Waals surface area contributed by atoms with Gasteiger partial charge in [0.1, 0.15) is 11.5 Å². The lowest BCUT2D eigenvalue weighted by molar-refractivity contribution is 0.104. The lowest BCUT2D eigenvalue weighted by Gasteiger charge is -2.20. The molecule has 0 radical (unpaired) electrons. The van der Waals surface area contributed by atoms with Crippen molar-refractivity contribution in [2.24, 2.45) is 0 Å². The topological polar surface area (TPSA) is 26.3 Å². The zero-order valence-corrected chi connectivity index (χ0v) is 17.9. The van der Waals surface area contributed by atoms with E-state index >= 15 is 0 Å². The number of hydrogen-bond donors (Lipinski definition) is 0. The molecule has 0 saturated heterocycles. The third-order valence-electron chi connectivity index (χ3n) is 5.08. The van der Waals surface area contributed by atoms with Crippen molar-refractivity contribution in [3.8, 4) is 0 Å². The molecule has 2 heteroatoms. The van der Waals surface area contributed by atoms with Crippen LogP contribution in [0.15, 0.2) is 53.8 Å². The maximum atomic E-state index is 13.0. The predicted molar refractivity (Wildman–Crippen MR) is 117 cm³/mol. The third kappa shape index (κ3) is 4.01. The van der Waals surface area contributed by atoms with Gasteiger partial charge in [-0.1, -0.05) is 35.4 Å². The first-order valence-electron chi connectivity index (χ1n) is 9.65. The second kappa shape index (κ2) is 7.63. The standard InChI is InChI=1S/C26H28O2/c1-15-8-18(4)25(19(5)9-15)23(27)14-22-12-17(3)13-24(28-22)26-20(6)10-16(2)11-21(26)7/h8-14H,1-7H3/b22-14+. The van der Waals surface area contributed by atoms with Gasteiger partial charge in [0.25, 0.3) is 0 Å². The van der Waals surface area contributed by atoms with Crippen LogP contribution in [-0.4, -0.2) is 5.78 Å². The van der Waals surface area contributed by atoms with E-state index in [0.717, 1.165) is 33.6 Å². The van der Waals surface area contributed by atoms with Gasteiger partial charge in [0.2, 0.25) is 0 Å². The van der Waals surface area contributed by atoms with E-state index in [-0.39, 0.29) is 5.78 Å². The Morgan fingerprint density at radius 2 is 1.25 bits per heavy atom. The molecule has 1 aliphatic rings. The number of hydrogen-bond acceptors (Lipinski definition) is 2. The quantitative estimate of drug-likeness (QED) is 0.447. The van der Waals surface area contributed by atoms with Crippen LogP contribution in [0.25, 0.3) is 5.76 Å². The fraction of sp³-hybridized carbons (Fsp3) is 0.269. The van der Waals surface area contributed by atoms with Crippen molar-refractivity contribution in [1.29, 1.82) is 0 Å². The first-order valence-corrected chi connectivity index (χ1v) is 9.65. The third-order valence-corrected chi connectivity index (χ3v) is 5.08. The summed E-state index contributed by atoms with van der Waals surface area (Å²) in [6, 6.07) is 8.42. The first kappa shape index (κ1) is 19.9. The molecule has 0 saturated carbocycles. The van der Waals surface area contributed by atoms with Gasteiger partial charge in [-0.15, -0.1) is 0 Å². The zero-order valence-electron chi connectivity index (χ0n) is 17.9. The zero-order chi connectivity index (χ0) is 20.6. The van der Waals surface area contributed by atoms with Crippen molar-refractivity contribution >= 4 is 11.5 Å². The summed E-state index contributed by atoms with van der Waals surface area (Å²) in [6.45, 7) is 14.3. The summed E-state index contributed by atoms with van der Waals surface area (Å²) >= 11 is 0. The van der Waals surface area contributed by atoms with E-state index in [1.54, 1.807) is 6.08 Å². The largest absolute Gasteiger partial charge is 0.457 e. The van der Waals surface area contributed by atoms with Crippen LogP contribution in [0.2, 0.25) is 0 Å². The molecule has 2 aromatic rings. The van der Waals surface area contributed by atoms with Crippen molar-refractivity contribution in [3.05, 3.63) is 98.3 Å². The van der Waals surface area contributed by atoms with Crippen LogP contribution in [0.4, 0.5) is 0 Å². The molecule has 0 bridgehead atoms. The van der Waals surface area contributed by atoms with Gasteiger partial charge in [-0.25, -0.2) is 0 Å². The summed E-state index contributed by atoms with van der Waals surface area (Å²) < 4.78 is 6.17. The van der Waals surface area contributed by atoms with Gasteiger partial charge in [-0.2, -0.15) is 0 Å². The molecular formula is C26H28O2. The fourth-order valence-electron chi connectivity index (χ4n) is 4.19. The molecule has 0 atom stereocenters. The van der Waals surface area contributed by atoms with E-state index in [4.69, 9.17) is 4.74 Å². The molecule has 0 amide bonds. The Balaban J connectivity index is 1.98. The summed E-state index contributed by atoms with van der Waals surface area (Å²) in [7, 11) is 0. The van der Waals surface area contributed by atoms with Crippen LogP contribution in [0.3, 0.4) is 0 Å². The molecule has 2 aromatic carbocycles. The van der Waals surface area contributed by atoms with Crippen LogP contribution in [0.5, 0.6) is 0 Å². The number of ketones is 1. The maximum absolute atomic E-state index is 13.0. The number of carbonyl (C=O) groups excluding carboxylic acids is 1. The monoisotopic (exact) mass is 372 g/mol. The first-order chi connectivity index (χ1) is 13.2. The van der Waals surface area contributed by atoms with Gasteiger partial charge in [0, 0.05) is 17.2 Å². The Morgan fingerprint density at radius 1 is 0.750 bits per heavy atom. The lowest BCUT2D eigenvalue weighted by Crippen LogP contribution is -2.06. The minimum absolute atomic E-state index is 0.0207. The van der Waals surface area contributed by atoms with Crippen molar-refractivity contribution in [3.63, 3.8) is 0 Å². The van der Waals surface area contributed by atoms with Gasteiger partial charge < -0.3 is 4.74 Å². The van der Waals surface area contributed by atoms with Crippen LogP contribution in [0, 0.1) is 41.5 Å². The molecule has 28 heavy (non-hydrogen) atoms. The predicted octanol–water partition coefficient (Wildman–Crippen LogP) is 6.62. The Hall–Kier alpha value is -2.87. The van der Waals surface area contributed by atoms with Crippen molar-refractivity contribution < 1.29 is 9.53 Å². The van der Waals surface area contributed by atoms with Gasteiger partial charge in [0.15, 0.2) is 5.78 Å². The van der Waals surface area contributed by atoms with E-state index in [0.29, 0.717) is 5.76 Å². The SMILES string of the molecule is CC1=C/C(=C\C(=O)c2c(C)cc(C)cc2C)OC(c2c(C)cc(C)cc2C)=C1. The van der Waals surface area contributed by atoms with Crippen molar-refractivity contribution in [1.82, 2.24) is 0 Å². The molecule has 0 N–H and O–H groups in total. The summed E-state index contributed by atoms with van der Waals surface area (Å²) in [5, 5.41) is 0. The van der Waals surface area contributed by atoms with E-state index in [2.05, 4.69) is 32.9 Å². The number of benzene rings is 2. The molecular weight excluding hydrogens is 344 g/mol. The molecule has 1 heterocycles. The van der Waals surface area contributed by atoms with Gasteiger partial charge in [-0.05, 0) is 88.4 Å². The minimum Gasteiger partial charge on any atom is -0.457 e. The molecule has 0 unspecified atom stereocenters. The maximum Gasteiger partial charge on any atom is 0.190 e. The molecule has 0 aliphatic carbocycles. The van der Waals surface area contributed by atoms with Crippen LogP contribution < -0.4 is 0 Å². The van der Waals surface area contributed by atoms with Crippen LogP contribution in [0.1, 0.15) is 56.2 Å². The number of carbonyl (C=O) groups is 1. The summed E-state index contributed by atoms with van der Waals surface area (Å²) in [6.07, 6.45) is 5.56. The number of aryl methyl sites for hydroxylation is 6. The Bertz CT molecular complexity index is 1020. The molecule has 0 fully saturated rings. The second-order valence-electron chi connectivity index (χ2n) is 7.96. The molecule has 2 nitrogen and oxygen atoms in total. The van der Waals surface area contributed by atoms with Crippen molar-refractivity contribution in [2.45, 2.75) is 48.5 Å². The van der Waals surface area contributed by atoms with Gasteiger partial charge in [0.05, 0.1) is 0 Å². The van der Waals surface area contributed by atoms with Crippen LogP contribution in [-0.2, 0) is 4.74 Å². The van der Waals surface area contributed by atoms with Crippen molar-refractivity contribution in [2.75, 3.05) is 0 Å². The second-order valence-corrected chi connectivity index (χ2v) is 7.96. The van der Waals surface area contributed by atoms with Gasteiger partial charge >= 0.3 is 0 Å². The molecule has 0 spiro atoms. The molecule has 144 valence electrons. The Morgan fingerprint density at radius 3 is 1.79 bits per heavy atom. The molecule has 3 rings (SSSR count). The Labute approximate surface area is 168 Å². The average Bonchev–Trinajstić information content (AvgIpc) is 2.52. The number of ether oxygens (including phenoxy) is 1. The highest BCUT2D eigenvalue weighted by Crippen LogP contribution is 2.32. The summed E-state index contributed by atoms with van der Waals surface area (Å²) in [5.74, 6) is 1.36. The van der Waals surface area contributed by atoms with E-state index in [1.165, 1.54) is 22.3 Å². The highest BCUT2D eigenvalue weighted by Gasteiger charge is 2.18. The van der Waals surface area contributed by atoms with Crippen LogP contribution >= 0.6 is 0 Å². The van der Waals surface area contributed by atoms with E-state index < -0.39 is 0 Å². The normalized spacial score (nSPS) is 15.2. The highest BCUT2D eigenvalue weighted by molar-refractivity contribution is 6.07. The smallest absolute Gasteiger partial charge is 0.190 e. The number of allylic oxidation sites excluding steroid dienone is 4. The number of rotatable bonds is 3. The summed E-state index contributed by atoms with van der Waals surface area (Å²) in [4.78, 5) is 13.0. The minimum atomic E-state index is -0.0207. The average molecular weight is 373 g/mol. The van der Waals surface area contributed by atoms with E-state index in [9.17, 15) is 4.79 Å². The van der Waals surface area contributed by atoms with E-state index in [1.807, 2.05) is 52.0 Å². The van der Waals surface area contributed by atoms with Gasteiger partial charge in [-0.3, -0.25) is 4.79 Å². The fourth-order valence-corrected chi connectivity index (χ4v) is 4.19. The lowest BCUT2D eigenvalue weighted by atomic mass is 9.95. The summed E-state index contributed by atoms with van der Waals surface area (Å²) in [5.41, 5.74) is 9.66. The highest BCUT2D eigenvalue weighted by atomic mass is 16.5. The Kier molecular flexibility index (Phi) is 5.42. The molecule has 1 aliphatic heterocycles.